The highest BCUT2D eigenvalue weighted by Crippen LogP contribution is 2.72. The van der Waals surface area contributed by atoms with Crippen LogP contribution >= 0.6 is 0 Å². The smallest absolute Gasteiger partial charge is 0.151 e. The Labute approximate surface area is 133 Å². The number of rotatable bonds is 0. The van der Waals surface area contributed by atoms with E-state index in [1.807, 2.05) is 0 Å². The number of benzene rings is 4. The van der Waals surface area contributed by atoms with E-state index in [1.165, 1.54) is 49.4 Å². The first-order valence-corrected chi connectivity index (χ1v) is 8.16. The molecule has 23 heavy (non-hydrogen) atoms. The van der Waals surface area contributed by atoms with Crippen molar-refractivity contribution in [2.75, 3.05) is 0 Å². The molecule has 0 amide bonds. The fourth-order valence-electron chi connectivity index (χ4n) is 5.06. The van der Waals surface area contributed by atoms with E-state index >= 15 is 0 Å². The van der Waals surface area contributed by atoms with E-state index in [9.17, 15) is 0 Å². The third-order valence-electron chi connectivity index (χ3n) is 5.95. The van der Waals surface area contributed by atoms with Crippen molar-refractivity contribution in [2.45, 2.75) is 11.7 Å². The van der Waals surface area contributed by atoms with Gasteiger partial charge in [0.15, 0.2) is 5.60 Å². The van der Waals surface area contributed by atoms with Crippen molar-refractivity contribution < 1.29 is 4.74 Å². The van der Waals surface area contributed by atoms with Crippen LogP contribution in [0.1, 0.15) is 22.8 Å². The Balaban J connectivity index is 1.84. The van der Waals surface area contributed by atoms with Crippen molar-refractivity contribution in [2.24, 2.45) is 0 Å². The SMILES string of the molecule is c1ccc2c(c1)-c1ccc3ccc4cccc5c4c3c1C21OC51. The summed E-state index contributed by atoms with van der Waals surface area (Å²) in [4.78, 5) is 0. The van der Waals surface area contributed by atoms with Crippen molar-refractivity contribution in [1.82, 2.24) is 0 Å². The van der Waals surface area contributed by atoms with Gasteiger partial charge in [0.25, 0.3) is 0 Å². The molecule has 2 aliphatic carbocycles. The molecule has 1 nitrogen and oxygen atoms in total. The second-order valence-electron chi connectivity index (χ2n) is 6.88. The van der Waals surface area contributed by atoms with E-state index in [1.54, 1.807) is 0 Å². The van der Waals surface area contributed by atoms with Gasteiger partial charge >= 0.3 is 0 Å². The predicted molar refractivity (Wildman–Crippen MR) is 91.5 cm³/mol. The summed E-state index contributed by atoms with van der Waals surface area (Å²) in [6, 6.07) is 24.4. The molecule has 0 bridgehead atoms. The first-order chi connectivity index (χ1) is 11.4. The van der Waals surface area contributed by atoms with Gasteiger partial charge in [-0.2, -0.15) is 0 Å². The molecule has 7 rings (SSSR count). The normalized spacial score (nSPS) is 25.0. The molecule has 1 fully saturated rings. The first kappa shape index (κ1) is 11.0. The fourth-order valence-corrected chi connectivity index (χ4v) is 5.06. The number of hydrogen-bond donors (Lipinski definition) is 0. The molecule has 3 aliphatic rings. The molecule has 1 heteroatoms. The molecular formula is C22H12O. The molecule has 0 aromatic heterocycles. The monoisotopic (exact) mass is 292 g/mol. The molecule has 0 N–H and O–H groups in total. The summed E-state index contributed by atoms with van der Waals surface area (Å²) in [5.41, 5.74) is 6.59. The highest BCUT2D eigenvalue weighted by molar-refractivity contribution is 6.16. The minimum Gasteiger partial charge on any atom is -0.351 e. The molecule has 2 unspecified atom stereocenters. The van der Waals surface area contributed by atoms with Gasteiger partial charge in [-0.15, -0.1) is 0 Å². The minimum atomic E-state index is -0.228. The summed E-state index contributed by atoms with van der Waals surface area (Å²) in [6.07, 6.45) is 0.175. The standard InChI is InChI=1S/C22H12O/c1-2-7-17-14(5-1)15-11-10-13-9-8-12-4-3-6-16-18(12)19(13)20(15)22(17)21(16)23-22/h1-11,21H. The van der Waals surface area contributed by atoms with Crippen LogP contribution in [-0.2, 0) is 10.3 Å². The van der Waals surface area contributed by atoms with Gasteiger partial charge in [-0.3, -0.25) is 0 Å². The molecule has 0 radical (unpaired) electrons. The zero-order chi connectivity index (χ0) is 14.8. The molecule has 1 spiro atoms. The third-order valence-corrected chi connectivity index (χ3v) is 5.95. The van der Waals surface area contributed by atoms with Gasteiger partial charge in [0.1, 0.15) is 6.10 Å². The molecular weight excluding hydrogens is 280 g/mol. The molecule has 1 saturated heterocycles. The third kappa shape index (κ3) is 0.975. The topological polar surface area (TPSA) is 12.5 Å². The Kier molecular flexibility index (Phi) is 1.51. The van der Waals surface area contributed by atoms with Crippen molar-refractivity contribution in [3.63, 3.8) is 0 Å². The van der Waals surface area contributed by atoms with Crippen molar-refractivity contribution in [3.05, 3.63) is 83.4 Å². The Hall–Kier alpha value is -2.64. The first-order valence-electron chi connectivity index (χ1n) is 8.16. The van der Waals surface area contributed by atoms with Gasteiger partial charge in [-0.25, -0.2) is 0 Å². The summed E-state index contributed by atoms with van der Waals surface area (Å²) in [5.74, 6) is 0. The largest absolute Gasteiger partial charge is 0.351 e. The molecule has 2 atom stereocenters. The van der Waals surface area contributed by atoms with Gasteiger partial charge in [0, 0.05) is 5.56 Å². The Morgan fingerprint density at radius 3 is 2.48 bits per heavy atom. The fraction of sp³-hybridized carbons (Fsp3) is 0.0909. The summed E-state index contributed by atoms with van der Waals surface area (Å²) < 4.78 is 6.46. The van der Waals surface area contributed by atoms with E-state index in [0.717, 1.165) is 0 Å². The Morgan fingerprint density at radius 1 is 0.696 bits per heavy atom. The van der Waals surface area contributed by atoms with Crippen LogP contribution in [0.4, 0.5) is 0 Å². The van der Waals surface area contributed by atoms with Crippen LogP contribution in [0, 0.1) is 0 Å². The Morgan fingerprint density at radius 2 is 1.52 bits per heavy atom. The number of fused-ring (bicyclic) bond motifs is 3. The van der Waals surface area contributed by atoms with Crippen LogP contribution in [-0.4, -0.2) is 0 Å². The van der Waals surface area contributed by atoms with Crippen LogP contribution in [0.2, 0.25) is 0 Å². The van der Waals surface area contributed by atoms with Gasteiger partial charge in [0.05, 0.1) is 0 Å². The van der Waals surface area contributed by atoms with Gasteiger partial charge in [-0.05, 0) is 43.8 Å². The maximum atomic E-state index is 6.46. The molecule has 1 aliphatic heterocycles. The van der Waals surface area contributed by atoms with E-state index in [-0.39, 0.29) is 11.7 Å². The average Bonchev–Trinajstić information content (AvgIpc) is 3.30. The summed E-state index contributed by atoms with van der Waals surface area (Å²) >= 11 is 0. The molecule has 1 heterocycles. The van der Waals surface area contributed by atoms with Crippen LogP contribution < -0.4 is 0 Å². The average molecular weight is 292 g/mol. The van der Waals surface area contributed by atoms with Crippen molar-refractivity contribution >= 4 is 21.5 Å². The second-order valence-corrected chi connectivity index (χ2v) is 6.88. The van der Waals surface area contributed by atoms with E-state index < -0.39 is 0 Å². The van der Waals surface area contributed by atoms with E-state index in [0.29, 0.717) is 0 Å². The quantitative estimate of drug-likeness (QED) is 0.316. The lowest BCUT2D eigenvalue weighted by Gasteiger charge is -2.20. The van der Waals surface area contributed by atoms with Crippen LogP contribution in [0.25, 0.3) is 32.7 Å². The molecule has 4 aromatic rings. The second kappa shape index (κ2) is 3.17. The summed E-state index contributed by atoms with van der Waals surface area (Å²) in [6.45, 7) is 0. The van der Waals surface area contributed by atoms with Crippen LogP contribution in [0.3, 0.4) is 0 Å². The predicted octanol–water partition coefficient (Wildman–Crippen LogP) is 5.30. The van der Waals surface area contributed by atoms with Crippen LogP contribution in [0.5, 0.6) is 0 Å². The molecule has 4 aromatic carbocycles. The van der Waals surface area contributed by atoms with Gasteiger partial charge in [0.2, 0.25) is 0 Å². The van der Waals surface area contributed by atoms with Crippen molar-refractivity contribution in [1.29, 1.82) is 0 Å². The maximum absolute atomic E-state index is 6.46. The highest BCUT2D eigenvalue weighted by atomic mass is 16.6. The van der Waals surface area contributed by atoms with Crippen LogP contribution in [0.15, 0.2) is 66.7 Å². The lowest BCUT2D eigenvalue weighted by Crippen LogP contribution is -2.12. The van der Waals surface area contributed by atoms with E-state index in [4.69, 9.17) is 4.74 Å². The zero-order valence-corrected chi connectivity index (χ0v) is 12.3. The molecule has 106 valence electrons. The maximum Gasteiger partial charge on any atom is 0.151 e. The number of hydrogen-bond acceptors (Lipinski definition) is 1. The lowest BCUT2D eigenvalue weighted by atomic mass is 9.79. The molecule has 0 saturated carbocycles. The number of epoxide rings is 1. The number of ether oxygens (including phenoxy) is 1. The van der Waals surface area contributed by atoms with Gasteiger partial charge in [-0.1, -0.05) is 66.7 Å². The van der Waals surface area contributed by atoms with Gasteiger partial charge < -0.3 is 4.74 Å². The Bertz CT molecular complexity index is 1200. The zero-order valence-electron chi connectivity index (χ0n) is 12.3. The summed E-state index contributed by atoms with van der Waals surface area (Å²) in [5, 5.41) is 5.45. The lowest BCUT2D eigenvalue weighted by molar-refractivity contribution is 0.335. The van der Waals surface area contributed by atoms with E-state index in [2.05, 4.69) is 66.7 Å². The van der Waals surface area contributed by atoms with Crippen molar-refractivity contribution in [3.8, 4) is 11.1 Å². The summed E-state index contributed by atoms with van der Waals surface area (Å²) in [7, 11) is 0. The highest BCUT2D eigenvalue weighted by Gasteiger charge is 2.66. The minimum absolute atomic E-state index is 0.175.